The van der Waals surface area contributed by atoms with Crippen LogP contribution >= 0.6 is 0 Å². The highest BCUT2D eigenvalue weighted by Gasteiger charge is 2.43. The van der Waals surface area contributed by atoms with E-state index < -0.39 is 0 Å². The molecule has 0 unspecified atom stereocenters. The van der Waals surface area contributed by atoms with Gasteiger partial charge >= 0.3 is 0 Å². The monoisotopic (exact) mass is 216 g/mol. The maximum atomic E-state index is 5.48. The Bertz CT molecular complexity index is 417. The molecular weight excluding hydrogens is 200 g/mol. The number of ether oxygens (including phenoxy) is 2. The summed E-state index contributed by atoms with van der Waals surface area (Å²) in [5.41, 5.74) is 1.22. The predicted molar refractivity (Wildman–Crippen MR) is 64.9 cm³/mol. The summed E-state index contributed by atoms with van der Waals surface area (Å²) in [7, 11) is 1.64. The van der Waals surface area contributed by atoms with Crippen LogP contribution in [0.2, 0.25) is 0 Å². The molecule has 0 amide bonds. The molecule has 0 saturated heterocycles. The van der Waals surface area contributed by atoms with Crippen LogP contribution < -0.4 is 9.47 Å². The van der Waals surface area contributed by atoms with E-state index in [9.17, 15) is 0 Å². The highest BCUT2D eigenvalue weighted by Crippen LogP contribution is 2.54. The van der Waals surface area contributed by atoms with Crippen molar-refractivity contribution >= 4 is 0 Å². The van der Waals surface area contributed by atoms with Crippen molar-refractivity contribution in [3.05, 3.63) is 49.3 Å². The lowest BCUT2D eigenvalue weighted by Gasteiger charge is -2.17. The summed E-state index contributed by atoms with van der Waals surface area (Å²) in [6.45, 7) is 7.50. The van der Waals surface area contributed by atoms with E-state index in [2.05, 4.69) is 19.2 Å². The summed E-state index contributed by atoms with van der Waals surface area (Å²) in [5.74, 6) is 1.50. The first-order chi connectivity index (χ1) is 7.77. The normalized spacial score (nSPS) is 16.3. The van der Waals surface area contributed by atoms with Crippen LogP contribution in [-0.2, 0) is 5.41 Å². The van der Waals surface area contributed by atoms with E-state index in [1.54, 1.807) is 7.11 Å². The highest BCUT2D eigenvalue weighted by molar-refractivity contribution is 5.54. The average Bonchev–Trinajstić information content (AvgIpc) is 3.10. The lowest BCUT2D eigenvalue weighted by atomic mass is 9.95. The molecule has 1 fully saturated rings. The van der Waals surface area contributed by atoms with Crippen LogP contribution in [0.3, 0.4) is 0 Å². The fourth-order valence-corrected chi connectivity index (χ4v) is 1.99. The third-order valence-electron chi connectivity index (χ3n) is 3.12. The van der Waals surface area contributed by atoms with Gasteiger partial charge in [0.15, 0.2) is 11.5 Å². The van der Waals surface area contributed by atoms with Crippen molar-refractivity contribution in [3.8, 4) is 11.5 Å². The molecule has 0 heterocycles. The summed E-state index contributed by atoms with van der Waals surface area (Å²) in [4.78, 5) is 0. The molecule has 0 radical (unpaired) electrons. The van der Waals surface area contributed by atoms with Gasteiger partial charge in [0.05, 0.1) is 13.4 Å². The lowest BCUT2D eigenvalue weighted by Crippen LogP contribution is -2.05. The molecule has 1 aliphatic rings. The maximum absolute atomic E-state index is 5.48. The van der Waals surface area contributed by atoms with Crippen molar-refractivity contribution in [1.29, 1.82) is 0 Å². The van der Waals surface area contributed by atoms with Gasteiger partial charge < -0.3 is 9.47 Å². The summed E-state index contributed by atoms with van der Waals surface area (Å²) >= 11 is 0. The number of benzene rings is 1. The molecule has 0 aliphatic heterocycles. The van der Waals surface area contributed by atoms with E-state index in [1.165, 1.54) is 6.26 Å². The molecule has 1 aliphatic carbocycles. The topological polar surface area (TPSA) is 18.5 Å². The first-order valence-electron chi connectivity index (χ1n) is 5.36. The molecule has 16 heavy (non-hydrogen) atoms. The minimum Gasteiger partial charge on any atom is -0.493 e. The van der Waals surface area contributed by atoms with Gasteiger partial charge in [-0.25, -0.2) is 0 Å². The Morgan fingerprint density at radius 1 is 1.31 bits per heavy atom. The van der Waals surface area contributed by atoms with Crippen LogP contribution in [0.1, 0.15) is 18.4 Å². The number of methoxy groups -OCH3 is 1. The van der Waals surface area contributed by atoms with Crippen LogP contribution in [0.4, 0.5) is 0 Å². The van der Waals surface area contributed by atoms with E-state index in [4.69, 9.17) is 9.47 Å². The molecule has 0 spiro atoms. The zero-order chi connectivity index (χ0) is 11.6. The summed E-state index contributed by atoms with van der Waals surface area (Å²) in [6.07, 6.45) is 5.67. The number of hydrogen-bond acceptors (Lipinski definition) is 2. The van der Waals surface area contributed by atoms with Crippen LogP contribution in [0.25, 0.3) is 0 Å². The van der Waals surface area contributed by atoms with Gasteiger partial charge in [-0.3, -0.25) is 0 Å². The van der Waals surface area contributed by atoms with Crippen LogP contribution in [-0.4, -0.2) is 7.11 Å². The van der Waals surface area contributed by atoms with Gasteiger partial charge in [-0.15, -0.1) is 6.58 Å². The minimum atomic E-state index is 0.0763. The molecule has 0 N–H and O–H groups in total. The van der Waals surface area contributed by atoms with E-state index in [0.29, 0.717) is 0 Å². The lowest BCUT2D eigenvalue weighted by molar-refractivity contribution is 0.375. The second-order valence-electron chi connectivity index (χ2n) is 3.98. The molecular formula is C14H16O2. The quantitative estimate of drug-likeness (QED) is 0.554. The van der Waals surface area contributed by atoms with Gasteiger partial charge in [0, 0.05) is 11.0 Å². The molecule has 0 atom stereocenters. The van der Waals surface area contributed by atoms with Crippen LogP contribution in [0.5, 0.6) is 11.5 Å². The molecule has 2 heteroatoms. The van der Waals surface area contributed by atoms with E-state index in [0.717, 1.165) is 29.9 Å². The standard InChI is InChI=1S/C14H16O2/c1-4-14(9-10-14)11-7-6-8-12(15-3)13(11)16-5-2/h4-8H,1-2,9-10H2,3H3. The van der Waals surface area contributed by atoms with Gasteiger partial charge in [0.2, 0.25) is 0 Å². The number of hydrogen-bond donors (Lipinski definition) is 0. The zero-order valence-corrected chi connectivity index (χ0v) is 9.53. The third-order valence-corrected chi connectivity index (χ3v) is 3.12. The van der Waals surface area contributed by atoms with Crippen molar-refractivity contribution < 1.29 is 9.47 Å². The minimum absolute atomic E-state index is 0.0763. The fraction of sp³-hybridized carbons (Fsp3) is 0.286. The Hall–Kier alpha value is -1.70. The van der Waals surface area contributed by atoms with Crippen LogP contribution in [0, 0.1) is 0 Å². The smallest absolute Gasteiger partial charge is 0.172 e. The van der Waals surface area contributed by atoms with Gasteiger partial charge in [-0.1, -0.05) is 24.8 Å². The maximum Gasteiger partial charge on any atom is 0.172 e. The second kappa shape index (κ2) is 4.05. The highest BCUT2D eigenvalue weighted by atomic mass is 16.5. The Balaban J connectivity index is 2.51. The summed E-state index contributed by atoms with van der Waals surface area (Å²) in [6, 6.07) is 5.94. The molecule has 0 aromatic heterocycles. The number of rotatable bonds is 5. The molecule has 84 valence electrons. The van der Waals surface area contributed by atoms with Crippen LogP contribution in [0.15, 0.2) is 43.7 Å². The molecule has 1 aromatic carbocycles. The summed E-state index contributed by atoms with van der Waals surface area (Å²) < 4.78 is 10.8. The van der Waals surface area contributed by atoms with Gasteiger partial charge in [0.1, 0.15) is 0 Å². The van der Waals surface area contributed by atoms with Crippen molar-refractivity contribution in [2.45, 2.75) is 18.3 Å². The Kier molecular flexibility index (Phi) is 2.73. The number of para-hydroxylation sites is 1. The predicted octanol–water partition coefficient (Wildman–Crippen LogP) is 3.44. The van der Waals surface area contributed by atoms with E-state index in [-0.39, 0.29) is 5.41 Å². The molecule has 2 rings (SSSR count). The van der Waals surface area contributed by atoms with Gasteiger partial charge in [-0.05, 0) is 18.9 Å². The van der Waals surface area contributed by atoms with Crippen molar-refractivity contribution in [3.63, 3.8) is 0 Å². The first-order valence-corrected chi connectivity index (χ1v) is 5.36. The molecule has 1 saturated carbocycles. The zero-order valence-electron chi connectivity index (χ0n) is 9.53. The fourth-order valence-electron chi connectivity index (χ4n) is 1.99. The third kappa shape index (κ3) is 1.60. The van der Waals surface area contributed by atoms with E-state index >= 15 is 0 Å². The largest absolute Gasteiger partial charge is 0.493 e. The number of allylic oxidation sites excluding steroid dienone is 1. The van der Waals surface area contributed by atoms with Crippen molar-refractivity contribution in [2.75, 3.05) is 7.11 Å². The SMILES string of the molecule is C=COc1c(OC)cccc1C1(C=C)CC1. The Morgan fingerprint density at radius 2 is 2.06 bits per heavy atom. The second-order valence-corrected chi connectivity index (χ2v) is 3.98. The van der Waals surface area contributed by atoms with Crippen molar-refractivity contribution in [2.24, 2.45) is 0 Å². The van der Waals surface area contributed by atoms with Crippen molar-refractivity contribution in [1.82, 2.24) is 0 Å². The Labute approximate surface area is 96.2 Å². The van der Waals surface area contributed by atoms with E-state index in [1.807, 2.05) is 18.2 Å². The van der Waals surface area contributed by atoms with Gasteiger partial charge in [0.25, 0.3) is 0 Å². The first kappa shape index (κ1) is 10.8. The average molecular weight is 216 g/mol. The molecule has 0 bridgehead atoms. The Morgan fingerprint density at radius 3 is 2.56 bits per heavy atom. The molecule has 1 aromatic rings. The van der Waals surface area contributed by atoms with Gasteiger partial charge in [-0.2, -0.15) is 0 Å². The summed E-state index contributed by atoms with van der Waals surface area (Å²) in [5, 5.41) is 0. The molecule has 2 nitrogen and oxygen atoms in total.